The van der Waals surface area contributed by atoms with Crippen LogP contribution in [0.25, 0.3) is 0 Å². The maximum absolute atomic E-state index is 12.1. The fourth-order valence-corrected chi connectivity index (χ4v) is 1.74. The molecular weight excluding hydrogens is 258 g/mol. The third-order valence-electron chi connectivity index (χ3n) is 2.91. The summed E-state index contributed by atoms with van der Waals surface area (Å²) in [5.41, 5.74) is 0.893. The van der Waals surface area contributed by atoms with Gasteiger partial charge in [0, 0.05) is 13.2 Å². The third-order valence-corrected chi connectivity index (χ3v) is 2.91. The van der Waals surface area contributed by atoms with E-state index in [-0.39, 0.29) is 19.1 Å². The van der Waals surface area contributed by atoms with E-state index in [2.05, 4.69) is 0 Å². The van der Waals surface area contributed by atoms with Gasteiger partial charge in [-0.3, -0.25) is 4.79 Å². The van der Waals surface area contributed by atoms with Gasteiger partial charge in [0.05, 0.1) is 0 Å². The van der Waals surface area contributed by atoms with Gasteiger partial charge in [0.15, 0.2) is 0 Å². The molecule has 0 bridgehead atoms. The normalized spacial score (nSPS) is 11.9. The highest BCUT2D eigenvalue weighted by Crippen LogP contribution is 2.09. The van der Waals surface area contributed by atoms with Crippen LogP contribution in [0.1, 0.15) is 25.8 Å². The summed E-state index contributed by atoms with van der Waals surface area (Å²) in [6.45, 7) is 4.13. The highest BCUT2D eigenvalue weighted by molar-refractivity contribution is 5.84. The second-order valence-corrected chi connectivity index (χ2v) is 4.57. The lowest BCUT2D eigenvalue weighted by Gasteiger charge is -2.26. The SMILES string of the molecule is CCCOCC(=O)N(Cc1ccccc1)C(C)C(=O)O. The van der Waals surface area contributed by atoms with Crippen molar-refractivity contribution in [2.45, 2.75) is 32.9 Å². The Morgan fingerprint density at radius 1 is 1.30 bits per heavy atom. The van der Waals surface area contributed by atoms with E-state index in [4.69, 9.17) is 9.84 Å². The van der Waals surface area contributed by atoms with Gasteiger partial charge in [0.25, 0.3) is 0 Å². The van der Waals surface area contributed by atoms with E-state index in [1.807, 2.05) is 37.3 Å². The van der Waals surface area contributed by atoms with E-state index >= 15 is 0 Å². The largest absolute Gasteiger partial charge is 0.480 e. The summed E-state index contributed by atoms with van der Waals surface area (Å²) >= 11 is 0. The molecule has 0 heterocycles. The van der Waals surface area contributed by atoms with Gasteiger partial charge < -0.3 is 14.7 Å². The van der Waals surface area contributed by atoms with Crippen LogP contribution in [0.15, 0.2) is 30.3 Å². The maximum Gasteiger partial charge on any atom is 0.326 e. The van der Waals surface area contributed by atoms with Gasteiger partial charge in [0.1, 0.15) is 12.6 Å². The monoisotopic (exact) mass is 279 g/mol. The first-order chi connectivity index (χ1) is 9.56. The fourth-order valence-electron chi connectivity index (χ4n) is 1.74. The van der Waals surface area contributed by atoms with Crippen molar-refractivity contribution in [3.63, 3.8) is 0 Å². The summed E-state index contributed by atoms with van der Waals surface area (Å²) in [6.07, 6.45) is 0.820. The highest BCUT2D eigenvalue weighted by atomic mass is 16.5. The van der Waals surface area contributed by atoms with Crippen molar-refractivity contribution in [3.8, 4) is 0 Å². The molecule has 0 aliphatic rings. The second kappa shape index (κ2) is 8.32. The van der Waals surface area contributed by atoms with Gasteiger partial charge in [0.2, 0.25) is 5.91 Å². The van der Waals surface area contributed by atoms with Crippen molar-refractivity contribution in [2.24, 2.45) is 0 Å². The molecule has 0 saturated heterocycles. The van der Waals surface area contributed by atoms with Crippen LogP contribution in [-0.2, 0) is 20.9 Å². The summed E-state index contributed by atoms with van der Waals surface area (Å²) in [7, 11) is 0. The number of hydrogen-bond acceptors (Lipinski definition) is 3. The number of carbonyl (C=O) groups excluding carboxylic acids is 1. The lowest BCUT2D eigenvalue weighted by Crippen LogP contribution is -2.44. The van der Waals surface area contributed by atoms with E-state index in [0.29, 0.717) is 6.61 Å². The molecule has 0 radical (unpaired) electrons. The van der Waals surface area contributed by atoms with Crippen LogP contribution in [0.4, 0.5) is 0 Å². The standard InChI is InChI=1S/C15H21NO4/c1-3-9-20-11-14(17)16(12(2)15(18)19)10-13-7-5-4-6-8-13/h4-8,12H,3,9-11H2,1-2H3,(H,18,19). The summed E-state index contributed by atoms with van der Waals surface area (Å²) in [5.74, 6) is -1.33. The number of aliphatic carboxylic acids is 1. The zero-order valence-corrected chi connectivity index (χ0v) is 11.9. The number of carbonyl (C=O) groups is 2. The Morgan fingerprint density at radius 3 is 2.50 bits per heavy atom. The Hall–Kier alpha value is -1.88. The minimum absolute atomic E-state index is 0.0850. The zero-order chi connectivity index (χ0) is 15.0. The molecule has 0 aliphatic heterocycles. The molecule has 0 aromatic heterocycles. The van der Waals surface area contributed by atoms with E-state index in [0.717, 1.165) is 12.0 Å². The van der Waals surface area contributed by atoms with E-state index in [1.165, 1.54) is 11.8 Å². The van der Waals surface area contributed by atoms with Crippen LogP contribution in [0.2, 0.25) is 0 Å². The third kappa shape index (κ3) is 5.01. The molecule has 0 saturated carbocycles. The molecule has 1 N–H and O–H groups in total. The summed E-state index contributed by atoms with van der Waals surface area (Å²) < 4.78 is 5.21. The quantitative estimate of drug-likeness (QED) is 0.738. The highest BCUT2D eigenvalue weighted by Gasteiger charge is 2.25. The first kappa shape index (κ1) is 16.2. The maximum atomic E-state index is 12.1. The van der Waals surface area contributed by atoms with E-state index < -0.39 is 12.0 Å². The minimum atomic E-state index is -1.02. The first-order valence-corrected chi connectivity index (χ1v) is 6.70. The number of carboxylic acid groups (broad SMARTS) is 1. The van der Waals surface area contributed by atoms with Crippen LogP contribution in [0, 0.1) is 0 Å². The Kier molecular flexibility index (Phi) is 6.73. The van der Waals surface area contributed by atoms with Gasteiger partial charge in [-0.05, 0) is 18.9 Å². The summed E-state index contributed by atoms with van der Waals surface area (Å²) in [5, 5.41) is 9.12. The van der Waals surface area contributed by atoms with Crippen molar-refractivity contribution < 1.29 is 19.4 Å². The number of benzene rings is 1. The lowest BCUT2D eigenvalue weighted by molar-refractivity contribution is -0.152. The average Bonchev–Trinajstić information content (AvgIpc) is 2.45. The molecule has 1 aromatic rings. The molecule has 1 unspecified atom stereocenters. The van der Waals surface area contributed by atoms with Gasteiger partial charge in [-0.25, -0.2) is 4.79 Å². The van der Waals surface area contributed by atoms with Gasteiger partial charge in [-0.15, -0.1) is 0 Å². The molecule has 1 rings (SSSR count). The van der Waals surface area contributed by atoms with Crippen LogP contribution >= 0.6 is 0 Å². The lowest BCUT2D eigenvalue weighted by atomic mass is 10.2. The fraction of sp³-hybridized carbons (Fsp3) is 0.467. The Labute approximate surface area is 119 Å². The molecule has 5 heteroatoms. The van der Waals surface area contributed by atoms with E-state index in [9.17, 15) is 9.59 Å². The summed E-state index contributed by atoms with van der Waals surface area (Å²) in [4.78, 5) is 24.6. The second-order valence-electron chi connectivity index (χ2n) is 4.57. The molecule has 0 aliphatic carbocycles. The molecule has 0 spiro atoms. The van der Waals surface area contributed by atoms with E-state index in [1.54, 1.807) is 0 Å². The van der Waals surface area contributed by atoms with Crippen molar-refractivity contribution >= 4 is 11.9 Å². The van der Waals surface area contributed by atoms with Crippen molar-refractivity contribution in [3.05, 3.63) is 35.9 Å². The molecule has 1 aromatic carbocycles. The van der Waals surface area contributed by atoms with Gasteiger partial charge >= 0.3 is 5.97 Å². The molecule has 20 heavy (non-hydrogen) atoms. The number of carboxylic acids is 1. The van der Waals surface area contributed by atoms with Crippen LogP contribution in [0.5, 0.6) is 0 Å². The molecule has 1 atom stereocenters. The smallest absolute Gasteiger partial charge is 0.326 e. The molecule has 1 amide bonds. The number of rotatable bonds is 8. The summed E-state index contributed by atoms with van der Waals surface area (Å²) in [6, 6.07) is 8.44. The average molecular weight is 279 g/mol. The van der Waals surface area contributed by atoms with Crippen LogP contribution in [-0.4, -0.2) is 41.1 Å². The van der Waals surface area contributed by atoms with Crippen molar-refractivity contribution in [1.82, 2.24) is 4.90 Å². The number of ether oxygens (including phenoxy) is 1. The molecule has 5 nitrogen and oxygen atoms in total. The van der Waals surface area contributed by atoms with Gasteiger partial charge in [-0.2, -0.15) is 0 Å². The zero-order valence-electron chi connectivity index (χ0n) is 11.9. The van der Waals surface area contributed by atoms with Crippen LogP contribution in [0.3, 0.4) is 0 Å². The van der Waals surface area contributed by atoms with Gasteiger partial charge in [-0.1, -0.05) is 37.3 Å². The Balaban J connectivity index is 2.74. The molecule has 0 fully saturated rings. The minimum Gasteiger partial charge on any atom is -0.480 e. The first-order valence-electron chi connectivity index (χ1n) is 6.70. The number of nitrogens with zero attached hydrogens (tertiary/aromatic N) is 1. The predicted molar refractivity (Wildman–Crippen MR) is 75.2 cm³/mol. The Morgan fingerprint density at radius 2 is 1.95 bits per heavy atom. The number of hydrogen-bond donors (Lipinski definition) is 1. The molecule has 110 valence electrons. The van der Waals surface area contributed by atoms with Crippen molar-refractivity contribution in [2.75, 3.05) is 13.2 Å². The topological polar surface area (TPSA) is 66.8 Å². The number of amides is 1. The predicted octanol–water partition coefficient (Wildman–Crippen LogP) is 1.91. The van der Waals surface area contributed by atoms with Crippen LogP contribution < -0.4 is 0 Å². The Bertz CT molecular complexity index is 433. The molecular formula is C15H21NO4. The van der Waals surface area contributed by atoms with Crippen molar-refractivity contribution in [1.29, 1.82) is 0 Å².